The third-order valence-electron chi connectivity index (χ3n) is 6.57. The molecule has 2 N–H and O–H groups in total. The van der Waals surface area contributed by atoms with Crippen LogP contribution in [0, 0.1) is 6.92 Å². The number of piperazine rings is 1. The average Bonchev–Trinajstić information content (AvgIpc) is 3.05. The second kappa shape index (κ2) is 9.21. The van der Waals surface area contributed by atoms with Crippen molar-refractivity contribution in [1.82, 2.24) is 14.4 Å². The van der Waals surface area contributed by atoms with E-state index in [1.807, 2.05) is 19.9 Å². The third-order valence-corrected chi connectivity index (χ3v) is 6.57. The number of rotatable bonds is 7. The van der Waals surface area contributed by atoms with Gasteiger partial charge in [0.15, 0.2) is 0 Å². The Morgan fingerprint density at radius 1 is 1.09 bits per heavy atom. The Morgan fingerprint density at radius 2 is 1.79 bits per heavy atom. The molecule has 0 radical (unpaired) electrons. The fourth-order valence-corrected chi connectivity index (χ4v) is 4.67. The standard InChI is InChI=1S/C26H29N3O5/c1-4-11-27-15-24(31)28(17(3)25(27)32)14-23-16(2)21-12-20(30)9-10-22(21)29(23)13-18-5-7-19(8-6-18)26(33)34/h5-10,12,17,30H,4,11,13-15H2,1-3H3,(H,33,34). The third kappa shape index (κ3) is 4.23. The van der Waals surface area contributed by atoms with E-state index in [-0.39, 0.29) is 36.2 Å². The van der Waals surface area contributed by atoms with E-state index >= 15 is 0 Å². The van der Waals surface area contributed by atoms with Crippen LogP contribution < -0.4 is 0 Å². The smallest absolute Gasteiger partial charge is 0.335 e. The van der Waals surface area contributed by atoms with E-state index < -0.39 is 12.0 Å². The van der Waals surface area contributed by atoms with Crippen molar-refractivity contribution >= 4 is 28.7 Å². The number of hydrogen-bond acceptors (Lipinski definition) is 4. The summed E-state index contributed by atoms with van der Waals surface area (Å²) in [6.07, 6.45) is 0.795. The van der Waals surface area contributed by atoms with Crippen LogP contribution in [0.5, 0.6) is 5.75 Å². The van der Waals surface area contributed by atoms with Crippen LogP contribution in [0.1, 0.15) is 47.4 Å². The summed E-state index contributed by atoms with van der Waals surface area (Å²) in [6.45, 7) is 7.06. The quantitative estimate of drug-likeness (QED) is 0.559. The van der Waals surface area contributed by atoms with E-state index in [2.05, 4.69) is 4.57 Å². The minimum atomic E-state index is -0.982. The second-order valence-electron chi connectivity index (χ2n) is 8.82. The number of phenolic OH excluding ortho intramolecular Hbond substituents is 1. The first-order chi connectivity index (χ1) is 16.2. The van der Waals surface area contributed by atoms with E-state index in [1.54, 1.807) is 53.1 Å². The number of nitrogens with zero attached hydrogens (tertiary/aromatic N) is 3. The number of carboxylic acid groups (broad SMARTS) is 1. The molecule has 1 unspecified atom stereocenters. The summed E-state index contributed by atoms with van der Waals surface area (Å²) in [4.78, 5) is 40.3. The molecule has 1 aliphatic heterocycles. The Morgan fingerprint density at radius 3 is 2.44 bits per heavy atom. The summed E-state index contributed by atoms with van der Waals surface area (Å²) in [5.74, 6) is -0.976. The lowest BCUT2D eigenvalue weighted by Gasteiger charge is -2.39. The SMILES string of the molecule is CCCN1CC(=O)N(Cc2c(C)c3cc(O)ccc3n2Cc2ccc(C(=O)O)cc2)C(C)C1=O. The molecule has 1 aromatic heterocycles. The first-order valence-corrected chi connectivity index (χ1v) is 11.4. The van der Waals surface area contributed by atoms with Crippen LogP contribution in [-0.2, 0) is 22.7 Å². The molecule has 2 amide bonds. The van der Waals surface area contributed by atoms with Gasteiger partial charge in [0.1, 0.15) is 11.8 Å². The van der Waals surface area contributed by atoms with Crippen molar-refractivity contribution in [1.29, 1.82) is 0 Å². The minimum Gasteiger partial charge on any atom is -0.508 e. The molecular weight excluding hydrogens is 434 g/mol. The molecular formula is C26H29N3O5. The van der Waals surface area contributed by atoms with Crippen LogP contribution in [0.2, 0.25) is 0 Å². The number of fused-ring (bicyclic) bond motifs is 1. The minimum absolute atomic E-state index is 0.0522. The van der Waals surface area contributed by atoms with Gasteiger partial charge in [-0.3, -0.25) is 9.59 Å². The van der Waals surface area contributed by atoms with Gasteiger partial charge in [-0.15, -0.1) is 0 Å². The molecule has 0 spiro atoms. The van der Waals surface area contributed by atoms with Gasteiger partial charge in [0.05, 0.1) is 18.7 Å². The van der Waals surface area contributed by atoms with Crippen molar-refractivity contribution in [2.45, 2.75) is 46.3 Å². The van der Waals surface area contributed by atoms with Gasteiger partial charge in [-0.1, -0.05) is 19.1 Å². The van der Waals surface area contributed by atoms with Crippen LogP contribution in [0.15, 0.2) is 42.5 Å². The number of aromatic carboxylic acids is 1. The van der Waals surface area contributed by atoms with Gasteiger partial charge in [0.2, 0.25) is 11.8 Å². The van der Waals surface area contributed by atoms with Gasteiger partial charge < -0.3 is 24.6 Å². The van der Waals surface area contributed by atoms with Gasteiger partial charge in [-0.05, 0) is 61.7 Å². The highest BCUT2D eigenvalue weighted by molar-refractivity contribution is 5.95. The molecule has 0 aliphatic carbocycles. The number of carbonyl (C=O) groups excluding carboxylic acids is 2. The maximum atomic E-state index is 13.0. The molecule has 8 heteroatoms. The lowest BCUT2D eigenvalue weighted by atomic mass is 10.1. The van der Waals surface area contributed by atoms with E-state index in [0.29, 0.717) is 13.1 Å². The van der Waals surface area contributed by atoms with Crippen molar-refractivity contribution in [2.75, 3.05) is 13.1 Å². The molecule has 3 aromatic rings. The predicted molar refractivity (Wildman–Crippen MR) is 128 cm³/mol. The molecule has 34 heavy (non-hydrogen) atoms. The number of aromatic hydroxyl groups is 1. The Bertz CT molecular complexity index is 1260. The number of carboxylic acids is 1. The number of phenols is 1. The summed E-state index contributed by atoms with van der Waals surface area (Å²) in [5.41, 5.74) is 3.81. The van der Waals surface area contributed by atoms with E-state index in [9.17, 15) is 24.6 Å². The highest BCUT2D eigenvalue weighted by Crippen LogP contribution is 2.31. The number of amides is 2. The molecule has 4 rings (SSSR count). The Hall–Kier alpha value is -3.81. The molecule has 1 fully saturated rings. The normalized spacial score (nSPS) is 16.5. The monoisotopic (exact) mass is 463 g/mol. The van der Waals surface area contributed by atoms with Gasteiger partial charge in [0, 0.05) is 29.7 Å². The van der Waals surface area contributed by atoms with Gasteiger partial charge in [-0.25, -0.2) is 4.79 Å². The first kappa shape index (κ1) is 23.4. The van der Waals surface area contributed by atoms with Crippen molar-refractivity contribution in [3.8, 4) is 5.75 Å². The molecule has 2 aromatic carbocycles. The fraction of sp³-hybridized carbons (Fsp3) is 0.346. The zero-order valence-electron chi connectivity index (χ0n) is 19.6. The summed E-state index contributed by atoms with van der Waals surface area (Å²) in [5, 5.41) is 20.1. The summed E-state index contributed by atoms with van der Waals surface area (Å²) in [7, 11) is 0. The zero-order valence-corrected chi connectivity index (χ0v) is 19.6. The molecule has 1 atom stereocenters. The summed E-state index contributed by atoms with van der Waals surface area (Å²) >= 11 is 0. The predicted octanol–water partition coefficient (Wildman–Crippen LogP) is 3.37. The zero-order chi connectivity index (χ0) is 24.6. The number of aromatic nitrogens is 1. The molecule has 2 heterocycles. The number of aryl methyl sites for hydroxylation is 1. The van der Waals surface area contributed by atoms with Crippen molar-refractivity contribution in [2.24, 2.45) is 0 Å². The van der Waals surface area contributed by atoms with Crippen LogP contribution >= 0.6 is 0 Å². The van der Waals surface area contributed by atoms with E-state index in [0.717, 1.165) is 34.1 Å². The van der Waals surface area contributed by atoms with E-state index in [4.69, 9.17) is 0 Å². The van der Waals surface area contributed by atoms with Crippen LogP contribution in [-0.4, -0.2) is 61.5 Å². The topological polar surface area (TPSA) is 103 Å². The van der Waals surface area contributed by atoms with Crippen molar-refractivity contribution in [3.05, 3.63) is 64.8 Å². The lowest BCUT2D eigenvalue weighted by molar-refractivity contribution is -0.155. The lowest BCUT2D eigenvalue weighted by Crippen LogP contribution is -2.58. The summed E-state index contributed by atoms with van der Waals surface area (Å²) < 4.78 is 2.07. The maximum absolute atomic E-state index is 13.0. The van der Waals surface area contributed by atoms with Crippen LogP contribution in [0.4, 0.5) is 0 Å². The number of carbonyl (C=O) groups is 3. The molecule has 1 saturated heterocycles. The number of hydrogen-bond donors (Lipinski definition) is 2. The van der Waals surface area contributed by atoms with Gasteiger partial charge >= 0.3 is 5.97 Å². The molecule has 0 saturated carbocycles. The highest BCUT2D eigenvalue weighted by atomic mass is 16.4. The molecule has 8 nitrogen and oxygen atoms in total. The summed E-state index contributed by atoms with van der Waals surface area (Å²) in [6, 6.07) is 11.3. The maximum Gasteiger partial charge on any atom is 0.335 e. The fourth-order valence-electron chi connectivity index (χ4n) is 4.67. The Labute approximate surface area is 198 Å². The first-order valence-electron chi connectivity index (χ1n) is 11.4. The molecule has 0 bridgehead atoms. The second-order valence-corrected chi connectivity index (χ2v) is 8.82. The number of benzene rings is 2. The van der Waals surface area contributed by atoms with Crippen LogP contribution in [0.25, 0.3) is 10.9 Å². The molecule has 1 aliphatic rings. The largest absolute Gasteiger partial charge is 0.508 e. The van der Waals surface area contributed by atoms with Crippen LogP contribution in [0.3, 0.4) is 0 Å². The average molecular weight is 464 g/mol. The highest BCUT2D eigenvalue weighted by Gasteiger charge is 2.36. The van der Waals surface area contributed by atoms with Gasteiger partial charge in [-0.2, -0.15) is 0 Å². The van der Waals surface area contributed by atoms with Gasteiger partial charge in [0.25, 0.3) is 0 Å². The molecule has 178 valence electrons. The van der Waals surface area contributed by atoms with Crippen molar-refractivity contribution in [3.63, 3.8) is 0 Å². The van der Waals surface area contributed by atoms with Crippen molar-refractivity contribution < 1.29 is 24.6 Å². The Balaban J connectivity index is 1.73. The Kier molecular flexibility index (Phi) is 6.32. The van der Waals surface area contributed by atoms with E-state index in [1.165, 1.54) is 0 Å².